The largest absolute Gasteiger partial charge is 0.366 e. The first-order valence-electron chi connectivity index (χ1n) is 8.34. The number of primary amides is 1. The van der Waals surface area contributed by atoms with Crippen molar-refractivity contribution in [2.45, 2.75) is 6.92 Å². The van der Waals surface area contributed by atoms with Crippen LogP contribution in [-0.2, 0) is 0 Å². The second kappa shape index (κ2) is 8.72. The van der Waals surface area contributed by atoms with Crippen LogP contribution in [0.15, 0.2) is 48.5 Å². The smallest absolute Gasteiger partial charge is 0.325 e. The van der Waals surface area contributed by atoms with Gasteiger partial charge in [0.1, 0.15) is 4.88 Å². The van der Waals surface area contributed by atoms with Gasteiger partial charge >= 0.3 is 6.03 Å². The number of benzene rings is 2. The number of anilines is 3. The number of thiazole rings is 1. The van der Waals surface area contributed by atoms with E-state index in [1.165, 1.54) is 6.07 Å². The topological polar surface area (TPSA) is 126 Å². The number of aromatic nitrogens is 1. The zero-order valence-electron chi connectivity index (χ0n) is 15.2. The number of aryl methyl sites for hydroxylation is 1. The number of amides is 4. The van der Waals surface area contributed by atoms with Gasteiger partial charge in [0, 0.05) is 10.7 Å². The third-order valence-corrected chi connectivity index (χ3v) is 5.05. The van der Waals surface area contributed by atoms with E-state index in [0.29, 0.717) is 27.0 Å². The van der Waals surface area contributed by atoms with E-state index in [0.717, 1.165) is 11.3 Å². The summed E-state index contributed by atoms with van der Waals surface area (Å²) >= 11 is 6.90. The van der Waals surface area contributed by atoms with E-state index in [-0.39, 0.29) is 10.7 Å². The van der Waals surface area contributed by atoms with Crippen LogP contribution in [0.5, 0.6) is 0 Å². The lowest BCUT2D eigenvalue weighted by atomic mass is 10.1. The van der Waals surface area contributed by atoms with Crippen molar-refractivity contribution >= 4 is 57.3 Å². The first-order valence-corrected chi connectivity index (χ1v) is 9.54. The molecule has 29 heavy (non-hydrogen) atoms. The number of para-hydroxylation sites is 1. The fraction of sp³-hybridized carbons (Fsp3) is 0.0526. The number of carbonyl (C=O) groups is 3. The molecule has 3 rings (SSSR count). The number of nitrogens with two attached hydrogens (primary N) is 1. The summed E-state index contributed by atoms with van der Waals surface area (Å²) in [7, 11) is 0. The second-order valence-corrected chi connectivity index (χ2v) is 7.32. The number of rotatable bonds is 5. The Balaban J connectivity index is 1.70. The summed E-state index contributed by atoms with van der Waals surface area (Å²) in [6.07, 6.45) is 0. The monoisotopic (exact) mass is 429 g/mol. The number of nitrogens with one attached hydrogen (secondary N) is 3. The van der Waals surface area contributed by atoms with Crippen molar-refractivity contribution in [3.63, 3.8) is 0 Å². The Morgan fingerprint density at radius 1 is 1.03 bits per heavy atom. The molecule has 5 N–H and O–H groups in total. The van der Waals surface area contributed by atoms with Crippen molar-refractivity contribution in [2.24, 2.45) is 5.73 Å². The van der Waals surface area contributed by atoms with Gasteiger partial charge in [-0.3, -0.25) is 14.9 Å². The maximum absolute atomic E-state index is 12.6. The summed E-state index contributed by atoms with van der Waals surface area (Å²) in [5.74, 6) is -1.11. The van der Waals surface area contributed by atoms with E-state index in [2.05, 4.69) is 20.9 Å². The number of carbonyl (C=O) groups excluding carboxylic acids is 3. The highest BCUT2D eigenvalue weighted by Gasteiger charge is 2.18. The molecule has 2 aromatic carbocycles. The summed E-state index contributed by atoms with van der Waals surface area (Å²) in [6, 6.07) is 12.6. The van der Waals surface area contributed by atoms with E-state index in [1.54, 1.807) is 49.4 Å². The van der Waals surface area contributed by atoms with Gasteiger partial charge in [-0.05, 0) is 37.3 Å². The SMILES string of the molecule is Cc1nc(NC(=O)Nc2cccc(Cl)c2)sc1C(=O)Nc1ccccc1C(N)=O. The Morgan fingerprint density at radius 2 is 1.79 bits per heavy atom. The predicted molar refractivity (Wildman–Crippen MR) is 114 cm³/mol. The zero-order valence-corrected chi connectivity index (χ0v) is 16.7. The van der Waals surface area contributed by atoms with E-state index in [1.807, 2.05) is 0 Å². The van der Waals surface area contributed by atoms with Crippen LogP contribution in [0.2, 0.25) is 5.02 Å². The first kappa shape index (κ1) is 20.3. The molecule has 0 spiro atoms. The van der Waals surface area contributed by atoms with Gasteiger partial charge in [0.15, 0.2) is 5.13 Å². The molecule has 0 saturated carbocycles. The van der Waals surface area contributed by atoms with Gasteiger partial charge in [0.2, 0.25) is 0 Å². The Bertz CT molecular complexity index is 1100. The maximum atomic E-state index is 12.6. The molecule has 0 atom stereocenters. The molecule has 0 unspecified atom stereocenters. The minimum Gasteiger partial charge on any atom is -0.366 e. The second-order valence-electron chi connectivity index (χ2n) is 5.89. The van der Waals surface area contributed by atoms with E-state index in [9.17, 15) is 14.4 Å². The number of urea groups is 1. The molecular weight excluding hydrogens is 414 g/mol. The maximum Gasteiger partial charge on any atom is 0.325 e. The molecule has 0 aliphatic rings. The molecule has 4 amide bonds. The van der Waals surface area contributed by atoms with E-state index in [4.69, 9.17) is 17.3 Å². The number of hydrogen-bond acceptors (Lipinski definition) is 5. The molecule has 0 bridgehead atoms. The Morgan fingerprint density at radius 3 is 2.52 bits per heavy atom. The van der Waals surface area contributed by atoms with Gasteiger partial charge in [-0.1, -0.05) is 41.1 Å². The highest BCUT2D eigenvalue weighted by molar-refractivity contribution is 7.17. The lowest BCUT2D eigenvalue weighted by Crippen LogP contribution is -2.19. The van der Waals surface area contributed by atoms with Gasteiger partial charge < -0.3 is 16.4 Å². The lowest BCUT2D eigenvalue weighted by Gasteiger charge is -2.07. The fourth-order valence-corrected chi connectivity index (χ4v) is 3.52. The van der Waals surface area contributed by atoms with Crippen LogP contribution in [0.4, 0.5) is 21.3 Å². The van der Waals surface area contributed by atoms with Crippen LogP contribution in [0.3, 0.4) is 0 Å². The fourth-order valence-electron chi connectivity index (χ4n) is 2.47. The van der Waals surface area contributed by atoms with Crippen molar-refractivity contribution in [1.82, 2.24) is 4.98 Å². The van der Waals surface area contributed by atoms with Crippen molar-refractivity contribution < 1.29 is 14.4 Å². The standard InChI is InChI=1S/C19H16ClN5O3S/c1-10-15(17(27)24-14-8-3-2-7-13(14)16(21)26)29-19(22-10)25-18(28)23-12-6-4-5-11(20)9-12/h2-9H,1H3,(H2,21,26)(H,24,27)(H2,22,23,25,28). The summed E-state index contributed by atoms with van der Waals surface area (Å²) < 4.78 is 0. The first-order chi connectivity index (χ1) is 13.8. The Labute approximate surface area is 175 Å². The van der Waals surface area contributed by atoms with Crippen LogP contribution in [-0.4, -0.2) is 22.8 Å². The lowest BCUT2D eigenvalue weighted by molar-refractivity contribution is 0.100. The third kappa shape index (κ3) is 5.09. The van der Waals surface area contributed by atoms with Crippen molar-refractivity contribution in [3.8, 4) is 0 Å². The molecule has 0 aliphatic carbocycles. The summed E-state index contributed by atoms with van der Waals surface area (Å²) in [4.78, 5) is 40.7. The molecule has 0 aliphatic heterocycles. The van der Waals surface area contributed by atoms with Gasteiger partial charge in [0.25, 0.3) is 11.8 Å². The highest BCUT2D eigenvalue weighted by Crippen LogP contribution is 2.25. The summed E-state index contributed by atoms with van der Waals surface area (Å²) in [5, 5.41) is 8.59. The Hall–Kier alpha value is -3.43. The molecule has 148 valence electrons. The molecule has 1 aromatic heterocycles. The van der Waals surface area contributed by atoms with Crippen LogP contribution in [0.25, 0.3) is 0 Å². The highest BCUT2D eigenvalue weighted by atomic mass is 35.5. The van der Waals surface area contributed by atoms with E-state index < -0.39 is 17.8 Å². The minimum atomic E-state index is -0.651. The van der Waals surface area contributed by atoms with Gasteiger partial charge in [-0.2, -0.15) is 0 Å². The molecule has 10 heteroatoms. The van der Waals surface area contributed by atoms with Gasteiger partial charge in [-0.25, -0.2) is 9.78 Å². The molecule has 1 heterocycles. The van der Waals surface area contributed by atoms with Crippen LogP contribution < -0.4 is 21.7 Å². The summed E-state index contributed by atoms with van der Waals surface area (Å²) in [6.45, 7) is 1.64. The zero-order chi connectivity index (χ0) is 21.0. The molecule has 0 radical (unpaired) electrons. The number of hydrogen-bond donors (Lipinski definition) is 4. The van der Waals surface area contributed by atoms with Crippen LogP contribution >= 0.6 is 22.9 Å². The van der Waals surface area contributed by atoms with Gasteiger partial charge in [0.05, 0.1) is 16.9 Å². The number of halogens is 1. The normalized spacial score (nSPS) is 10.3. The average Bonchev–Trinajstić information content (AvgIpc) is 3.02. The molecule has 0 saturated heterocycles. The number of nitrogens with zero attached hydrogens (tertiary/aromatic N) is 1. The third-order valence-electron chi connectivity index (χ3n) is 3.75. The molecule has 0 fully saturated rings. The molecular formula is C19H16ClN5O3S. The van der Waals surface area contributed by atoms with E-state index >= 15 is 0 Å². The minimum absolute atomic E-state index is 0.197. The van der Waals surface area contributed by atoms with Gasteiger partial charge in [-0.15, -0.1) is 0 Å². The molecule has 3 aromatic rings. The molecule has 8 nitrogen and oxygen atoms in total. The van der Waals surface area contributed by atoms with Crippen LogP contribution in [0.1, 0.15) is 25.7 Å². The summed E-state index contributed by atoms with van der Waals surface area (Å²) in [5.41, 5.74) is 6.77. The van der Waals surface area contributed by atoms with Crippen molar-refractivity contribution in [2.75, 3.05) is 16.0 Å². The Kier molecular flexibility index (Phi) is 6.10. The average molecular weight is 430 g/mol. The predicted octanol–water partition coefficient (Wildman–Crippen LogP) is 4.10. The van der Waals surface area contributed by atoms with Crippen molar-refractivity contribution in [3.05, 3.63) is 69.7 Å². The quantitative estimate of drug-likeness (QED) is 0.487. The van der Waals surface area contributed by atoms with Crippen LogP contribution in [0, 0.1) is 6.92 Å². The van der Waals surface area contributed by atoms with Crippen molar-refractivity contribution in [1.29, 1.82) is 0 Å².